The highest BCUT2D eigenvalue weighted by atomic mass is 79.9. The number of rotatable bonds is 1. The van der Waals surface area contributed by atoms with E-state index in [1.54, 1.807) is 0 Å². The molecule has 68 valence electrons. The Hall–Kier alpha value is -0.810. The second kappa shape index (κ2) is 3.93. The molecule has 0 aliphatic rings. The van der Waals surface area contributed by atoms with Gasteiger partial charge in [0.2, 0.25) is 0 Å². The Morgan fingerprint density at radius 1 is 1.31 bits per heavy atom. The molecule has 0 aromatic heterocycles. The van der Waals surface area contributed by atoms with Gasteiger partial charge in [0, 0.05) is 4.47 Å². The molecule has 0 saturated heterocycles. The summed E-state index contributed by atoms with van der Waals surface area (Å²) in [5.41, 5.74) is 3.48. The van der Waals surface area contributed by atoms with E-state index in [-0.39, 0.29) is 5.92 Å². The maximum Gasteiger partial charge on any atom is 0.0701 e. The molecule has 0 spiro atoms. The van der Waals surface area contributed by atoms with Crippen LogP contribution in [-0.4, -0.2) is 0 Å². The molecule has 0 radical (unpaired) electrons. The van der Waals surface area contributed by atoms with Gasteiger partial charge in [-0.15, -0.1) is 0 Å². The van der Waals surface area contributed by atoms with Gasteiger partial charge < -0.3 is 0 Å². The van der Waals surface area contributed by atoms with Crippen LogP contribution in [0.4, 0.5) is 0 Å². The van der Waals surface area contributed by atoms with Gasteiger partial charge in [-0.3, -0.25) is 0 Å². The molecule has 1 unspecified atom stereocenters. The van der Waals surface area contributed by atoms with Crippen molar-refractivity contribution in [3.05, 3.63) is 33.3 Å². The van der Waals surface area contributed by atoms with E-state index in [1.165, 1.54) is 11.1 Å². The van der Waals surface area contributed by atoms with Crippen molar-refractivity contribution in [3.63, 3.8) is 0 Å². The summed E-state index contributed by atoms with van der Waals surface area (Å²) in [6.07, 6.45) is 0. The number of hydrogen-bond acceptors (Lipinski definition) is 1. The van der Waals surface area contributed by atoms with E-state index in [0.29, 0.717) is 0 Å². The average Bonchev–Trinajstić information content (AvgIpc) is 2.10. The molecule has 0 saturated carbocycles. The molecule has 0 N–H and O–H groups in total. The second-order valence-electron chi connectivity index (χ2n) is 3.31. The monoisotopic (exact) mass is 237 g/mol. The first kappa shape index (κ1) is 10.3. The van der Waals surface area contributed by atoms with Crippen LogP contribution in [0.25, 0.3) is 0 Å². The van der Waals surface area contributed by atoms with Gasteiger partial charge in [-0.05, 0) is 43.5 Å². The van der Waals surface area contributed by atoms with Gasteiger partial charge in [-0.2, -0.15) is 5.26 Å². The molecule has 0 bridgehead atoms. The van der Waals surface area contributed by atoms with E-state index in [9.17, 15) is 0 Å². The van der Waals surface area contributed by atoms with Gasteiger partial charge in [-0.25, -0.2) is 0 Å². The largest absolute Gasteiger partial charge is 0.198 e. The van der Waals surface area contributed by atoms with Crippen molar-refractivity contribution < 1.29 is 0 Å². The standard InChI is InChI=1S/C11H12BrN/c1-7-5-11(12)8(2)4-10(7)9(3)6-13/h4-5,9H,1-3H3. The second-order valence-corrected chi connectivity index (χ2v) is 4.16. The number of nitriles is 1. The average molecular weight is 238 g/mol. The SMILES string of the molecule is Cc1cc(C(C)C#N)c(C)cc1Br. The van der Waals surface area contributed by atoms with Crippen LogP contribution >= 0.6 is 15.9 Å². The third-order valence-electron chi connectivity index (χ3n) is 2.21. The molecular formula is C11H12BrN. The third-order valence-corrected chi connectivity index (χ3v) is 3.06. The summed E-state index contributed by atoms with van der Waals surface area (Å²) < 4.78 is 1.11. The lowest BCUT2D eigenvalue weighted by molar-refractivity contribution is 0.961. The normalized spacial score (nSPS) is 12.2. The van der Waals surface area contributed by atoms with E-state index in [2.05, 4.69) is 34.1 Å². The maximum absolute atomic E-state index is 8.81. The van der Waals surface area contributed by atoms with E-state index < -0.39 is 0 Å². The molecule has 1 atom stereocenters. The number of nitrogens with zero attached hydrogens (tertiary/aromatic N) is 1. The summed E-state index contributed by atoms with van der Waals surface area (Å²) in [5.74, 6) is -0.0215. The van der Waals surface area contributed by atoms with Crippen molar-refractivity contribution in [2.45, 2.75) is 26.7 Å². The first-order valence-electron chi connectivity index (χ1n) is 4.22. The Morgan fingerprint density at radius 3 is 2.46 bits per heavy atom. The number of benzene rings is 1. The fraction of sp³-hybridized carbons (Fsp3) is 0.364. The van der Waals surface area contributed by atoms with Crippen molar-refractivity contribution in [1.82, 2.24) is 0 Å². The topological polar surface area (TPSA) is 23.8 Å². The molecule has 0 aliphatic heterocycles. The van der Waals surface area contributed by atoms with Crippen LogP contribution in [0.15, 0.2) is 16.6 Å². The zero-order valence-corrected chi connectivity index (χ0v) is 9.64. The smallest absolute Gasteiger partial charge is 0.0701 e. The van der Waals surface area contributed by atoms with E-state index in [1.807, 2.05) is 20.8 Å². The minimum atomic E-state index is -0.0215. The molecule has 0 aliphatic carbocycles. The Bertz CT molecular complexity index is 363. The minimum absolute atomic E-state index is 0.0215. The lowest BCUT2D eigenvalue weighted by Gasteiger charge is -2.09. The van der Waals surface area contributed by atoms with Crippen LogP contribution in [0, 0.1) is 25.2 Å². The van der Waals surface area contributed by atoms with Gasteiger partial charge >= 0.3 is 0 Å². The predicted molar refractivity (Wildman–Crippen MR) is 57.6 cm³/mol. The lowest BCUT2D eigenvalue weighted by Crippen LogP contribution is -1.95. The van der Waals surface area contributed by atoms with Gasteiger partial charge in [0.05, 0.1) is 12.0 Å². The summed E-state index contributed by atoms with van der Waals surface area (Å²) >= 11 is 3.47. The van der Waals surface area contributed by atoms with Crippen molar-refractivity contribution in [3.8, 4) is 6.07 Å². The van der Waals surface area contributed by atoms with E-state index >= 15 is 0 Å². The third kappa shape index (κ3) is 2.10. The van der Waals surface area contributed by atoms with Crippen molar-refractivity contribution in [1.29, 1.82) is 5.26 Å². The zero-order chi connectivity index (χ0) is 10.0. The molecular weight excluding hydrogens is 226 g/mol. The summed E-state index contributed by atoms with van der Waals surface area (Å²) in [6.45, 7) is 6.00. The number of hydrogen-bond donors (Lipinski definition) is 0. The Balaban J connectivity index is 3.25. The lowest BCUT2D eigenvalue weighted by atomic mass is 9.96. The van der Waals surface area contributed by atoms with Crippen LogP contribution in [0.5, 0.6) is 0 Å². The zero-order valence-electron chi connectivity index (χ0n) is 8.06. The molecule has 1 nitrogen and oxygen atoms in total. The summed E-state index contributed by atoms with van der Waals surface area (Å²) in [7, 11) is 0. The highest BCUT2D eigenvalue weighted by molar-refractivity contribution is 9.10. The van der Waals surface area contributed by atoms with Crippen LogP contribution in [0.1, 0.15) is 29.5 Å². The van der Waals surface area contributed by atoms with Gasteiger partial charge in [0.1, 0.15) is 0 Å². The quantitative estimate of drug-likeness (QED) is 0.731. The maximum atomic E-state index is 8.81. The highest BCUT2D eigenvalue weighted by Gasteiger charge is 2.08. The number of aryl methyl sites for hydroxylation is 2. The first-order valence-corrected chi connectivity index (χ1v) is 5.01. The Morgan fingerprint density at radius 2 is 1.92 bits per heavy atom. The Labute approximate surface area is 87.5 Å². The molecule has 2 heteroatoms. The van der Waals surface area contributed by atoms with Gasteiger partial charge in [-0.1, -0.05) is 22.0 Å². The summed E-state index contributed by atoms with van der Waals surface area (Å²) in [5, 5.41) is 8.81. The van der Waals surface area contributed by atoms with Crippen LogP contribution < -0.4 is 0 Å². The van der Waals surface area contributed by atoms with Gasteiger partial charge in [0.25, 0.3) is 0 Å². The molecule has 13 heavy (non-hydrogen) atoms. The van der Waals surface area contributed by atoms with Crippen molar-refractivity contribution in [2.75, 3.05) is 0 Å². The van der Waals surface area contributed by atoms with Crippen LogP contribution in [0.2, 0.25) is 0 Å². The molecule has 1 aromatic carbocycles. The fourth-order valence-electron chi connectivity index (χ4n) is 1.34. The van der Waals surface area contributed by atoms with Crippen molar-refractivity contribution >= 4 is 15.9 Å². The molecule has 1 rings (SSSR count). The van der Waals surface area contributed by atoms with Crippen LogP contribution in [0.3, 0.4) is 0 Å². The fourth-order valence-corrected chi connectivity index (χ4v) is 1.80. The molecule has 0 fully saturated rings. The number of halogens is 1. The van der Waals surface area contributed by atoms with Crippen LogP contribution in [-0.2, 0) is 0 Å². The van der Waals surface area contributed by atoms with E-state index in [0.717, 1.165) is 10.0 Å². The molecule has 0 amide bonds. The summed E-state index contributed by atoms with van der Waals surface area (Å²) in [4.78, 5) is 0. The van der Waals surface area contributed by atoms with E-state index in [4.69, 9.17) is 5.26 Å². The molecule has 0 heterocycles. The highest BCUT2D eigenvalue weighted by Crippen LogP contribution is 2.25. The predicted octanol–water partition coefficient (Wildman–Crippen LogP) is 3.69. The first-order chi connectivity index (χ1) is 6.06. The Kier molecular flexibility index (Phi) is 3.11. The minimum Gasteiger partial charge on any atom is -0.198 e. The van der Waals surface area contributed by atoms with Crippen molar-refractivity contribution in [2.24, 2.45) is 0 Å². The summed E-state index contributed by atoms with van der Waals surface area (Å²) in [6, 6.07) is 6.40. The molecule has 1 aromatic rings. The van der Waals surface area contributed by atoms with Gasteiger partial charge in [0.15, 0.2) is 0 Å².